The minimum Gasteiger partial charge on any atom is -0.394 e. The molecule has 12 atom stereocenters. The lowest BCUT2D eigenvalue weighted by molar-refractivity contribution is -0.359. The van der Waals surface area contributed by atoms with Crippen LogP contribution in [0.25, 0.3) is 0 Å². The number of hydrogen-bond acceptors (Lipinski definition) is 13. The highest BCUT2D eigenvalue weighted by Crippen LogP contribution is 2.30. The van der Waals surface area contributed by atoms with Crippen LogP contribution < -0.4 is 5.32 Å². The number of carbonyl (C=O) groups excluding carboxylic acids is 1. The van der Waals surface area contributed by atoms with E-state index < -0.39 is 86.8 Å². The summed E-state index contributed by atoms with van der Waals surface area (Å²) in [5.74, 6) is -0.253. The minimum atomic E-state index is -1.79. The Morgan fingerprint density at radius 1 is 0.486 bits per heavy atom. The molecule has 0 radical (unpaired) electrons. The van der Waals surface area contributed by atoms with E-state index in [2.05, 4.69) is 67.8 Å². The Kier molecular flexibility index (Phi) is 41.9. The summed E-state index contributed by atoms with van der Waals surface area (Å²) in [6.07, 6.45) is 41.6. The second-order valence-corrected chi connectivity index (χ2v) is 20.8. The first kappa shape index (κ1) is 67.8. The van der Waals surface area contributed by atoms with Crippen LogP contribution in [0.15, 0.2) is 60.8 Å². The second kappa shape index (κ2) is 45.7. The molecule has 2 aliphatic heterocycles. The van der Waals surface area contributed by atoms with Gasteiger partial charge in [0.05, 0.1) is 32.0 Å². The van der Waals surface area contributed by atoms with Crippen molar-refractivity contribution >= 4 is 5.91 Å². The zero-order valence-corrected chi connectivity index (χ0v) is 46.1. The largest absolute Gasteiger partial charge is 0.394 e. The SMILES string of the molecule is CCCCC/C=C/CC/C=C/C(O)C(COC1OC(CO)C(OC2OC(CO)C(O)C(O)C2O)C(O)C1O)NC(=O)CCCCCCCCCCCCCCCCCC/C=C\C/C=C\C/C=C\CCCCCCC. The van der Waals surface area contributed by atoms with Crippen molar-refractivity contribution in [1.29, 1.82) is 0 Å². The van der Waals surface area contributed by atoms with Crippen molar-refractivity contribution in [1.82, 2.24) is 5.32 Å². The molecule has 0 saturated carbocycles. The molecule has 1 amide bonds. The molecule has 0 aliphatic carbocycles. The Bertz CT molecular complexity index is 1470. The standard InChI is InChI=1S/C60H107NO13/c1-3-5-7-9-11-13-14-15-16-17-18-19-20-21-22-23-24-25-26-27-28-29-30-31-32-33-34-36-38-40-42-44-52(65)61-48(49(64)43-41-39-37-35-12-10-8-6-4-2)47-71-59-57(70)55(68)58(51(46-63)73-59)74-60-56(69)54(67)53(66)50(45-62)72-60/h12,14-15,17-18,20-21,35,41,43,48-51,53-60,62-64,66-70H,3-11,13,16,19,22-34,36-40,42,44-47H2,1-2H3,(H,61,65)/b15-14-,18-17-,21-20-,35-12+,43-41+. The van der Waals surface area contributed by atoms with E-state index in [1.807, 2.05) is 6.08 Å². The van der Waals surface area contributed by atoms with Gasteiger partial charge < -0.3 is 65.1 Å². The van der Waals surface area contributed by atoms with Gasteiger partial charge in [0.1, 0.15) is 48.8 Å². The van der Waals surface area contributed by atoms with E-state index in [-0.39, 0.29) is 18.9 Å². The lowest BCUT2D eigenvalue weighted by atomic mass is 9.97. The number of unbranched alkanes of at least 4 members (excludes halogenated alkanes) is 25. The van der Waals surface area contributed by atoms with Gasteiger partial charge in [-0.05, 0) is 70.6 Å². The molecule has 2 aliphatic rings. The molecule has 0 aromatic heterocycles. The summed E-state index contributed by atoms with van der Waals surface area (Å²) >= 11 is 0. The molecule has 0 aromatic carbocycles. The summed E-state index contributed by atoms with van der Waals surface area (Å²) in [5, 5.41) is 86.7. The second-order valence-electron chi connectivity index (χ2n) is 20.8. The van der Waals surface area contributed by atoms with Gasteiger partial charge in [-0.3, -0.25) is 4.79 Å². The number of allylic oxidation sites excluding steroid dienone is 9. The third kappa shape index (κ3) is 31.2. The first-order valence-electron chi connectivity index (χ1n) is 29.5. The van der Waals surface area contributed by atoms with Gasteiger partial charge in [-0.25, -0.2) is 0 Å². The van der Waals surface area contributed by atoms with Gasteiger partial charge in [-0.15, -0.1) is 0 Å². The normalized spacial score (nSPS) is 25.6. The first-order valence-corrected chi connectivity index (χ1v) is 29.5. The van der Waals surface area contributed by atoms with Crippen LogP contribution in [0.4, 0.5) is 0 Å². The van der Waals surface area contributed by atoms with Crippen LogP contribution in [0.5, 0.6) is 0 Å². The molecular formula is C60H107NO13. The first-order chi connectivity index (χ1) is 36.1. The van der Waals surface area contributed by atoms with Gasteiger partial charge in [0.15, 0.2) is 12.6 Å². The van der Waals surface area contributed by atoms with Crippen LogP contribution in [-0.4, -0.2) is 140 Å². The molecule has 2 heterocycles. The highest BCUT2D eigenvalue weighted by atomic mass is 16.7. The molecular weight excluding hydrogens is 943 g/mol. The molecule has 2 saturated heterocycles. The van der Waals surface area contributed by atoms with E-state index in [9.17, 15) is 45.6 Å². The maximum atomic E-state index is 13.2. The highest BCUT2D eigenvalue weighted by molar-refractivity contribution is 5.76. The molecule has 2 rings (SSSR count). The quantitative estimate of drug-likeness (QED) is 0.0205. The molecule has 0 bridgehead atoms. The molecule has 2 fully saturated rings. The Hall–Kier alpha value is -2.31. The van der Waals surface area contributed by atoms with Crippen LogP contribution in [0.3, 0.4) is 0 Å². The fourth-order valence-electron chi connectivity index (χ4n) is 9.37. The van der Waals surface area contributed by atoms with Gasteiger partial charge >= 0.3 is 0 Å². The van der Waals surface area contributed by atoms with Gasteiger partial charge in [-0.1, -0.05) is 203 Å². The van der Waals surface area contributed by atoms with Crippen LogP contribution in [0.2, 0.25) is 0 Å². The number of aliphatic hydroxyl groups excluding tert-OH is 8. The summed E-state index contributed by atoms with van der Waals surface area (Å²) in [7, 11) is 0. The van der Waals surface area contributed by atoms with E-state index >= 15 is 0 Å². The average molecular weight is 1050 g/mol. The zero-order chi connectivity index (χ0) is 53.9. The van der Waals surface area contributed by atoms with E-state index in [0.29, 0.717) is 12.8 Å². The summed E-state index contributed by atoms with van der Waals surface area (Å²) in [6.45, 7) is 2.70. The molecule has 0 aromatic rings. The predicted octanol–water partition coefficient (Wildman–Crippen LogP) is 9.78. The number of nitrogens with one attached hydrogen (secondary N) is 1. The molecule has 430 valence electrons. The number of amides is 1. The summed E-state index contributed by atoms with van der Waals surface area (Å²) in [5.41, 5.74) is 0. The lowest BCUT2D eigenvalue weighted by Gasteiger charge is -2.46. The summed E-state index contributed by atoms with van der Waals surface area (Å²) < 4.78 is 22.7. The fraction of sp³-hybridized carbons (Fsp3) is 0.817. The Morgan fingerprint density at radius 3 is 1.45 bits per heavy atom. The number of carbonyl (C=O) groups is 1. The molecule has 9 N–H and O–H groups in total. The number of hydrogen-bond donors (Lipinski definition) is 9. The van der Waals surface area contributed by atoms with Gasteiger partial charge in [-0.2, -0.15) is 0 Å². The Balaban J connectivity index is 1.63. The smallest absolute Gasteiger partial charge is 0.220 e. The predicted molar refractivity (Wildman–Crippen MR) is 295 cm³/mol. The third-order valence-electron chi connectivity index (χ3n) is 14.2. The minimum absolute atomic E-state index is 0.253. The van der Waals surface area contributed by atoms with Crippen molar-refractivity contribution in [3.63, 3.8) is 0 Å². The third-order valence-corrected chi connectivity index (χ3v) is 14.2. The topological polar surface area (TPSA) is 228 Å². The van der Waals surface area contributed by atoms with Gasteiger partial charge in [0.2, 0.25) is 5.91 Å². The molecule has 14 heteroatoms. The summed E-state index contributed by atoms with van der Waals surface area (Å²) in [6, 6.07) is -0.930. The Labute approximate surface area is 447 Å². The fourth-order valence-corrected chi connectivity index (χ4v) is 9.37. The monoisotopic (exact) mass is 1050 g/mol. The van der Waals surface area contributed by atoms with Crippen LogP contribution >= 0.6 is 0 Å². The Morgan fingerprint density at radius 2 is 0.905 bits per heavy atom. The van der Waals surface area contributed by atoms with Crippen molar-refractivity contribution in [2.24, 2.45) is 0 Å². The van der Waals surface area contributed by atoms with E-state index in [0.717, 1.165) is 51.4 Å². The molecule has 14 nitrogen and oxygen atoms in total. The maximum Gasteiger partial charge on any atom is 0.220 e. The lowest BCUT2D eigenvalue weighted by Crippen LogP contribution is -2.65. The number of ether oxygens (including phenoxy) is 4. The molecule has 0 spiro atoms. The van der Waals surface area contributed by atoms with Crippen molar-refractivity contribution in [3.05, 3.63) is 60.8 Å². The van der Waals surface area contributed by atoms with Crippen molar-refractivity contribution < 1.29 is 64.6 Å². The highest BCUT2D eigenvalue weighted by Gasteiger charge is 2.51. The number of rotatable bonds is 46. The van der Waals surface area contributed by atoms with Crippen LogP contribution in [-0.2, 0) is 23.7 Å². The summed E-state index contributed by atoms with van der Waals surface area (Å²) in [4.78, 5) is 13.2. The van der Waals surface area contributed by atoms with Crippen molar-refractivity contribution in [2.75, 3.05) is 19.8 Å². The molecule has 12 unspecified atom stereocenters. The van der Waals surface area contributed by atoms with E-state index in [4.69, 9.17) is 18.9 Å². The van der Waals surface area contributed by atoms with Gasteiger partial charge in [0.25, 0.3) is 0 Å². The van der Waals surface area contributed by atoms with E-state index in [1.165, 1.54) is 135 Å². The average Bonchev–Trinajstić information content (AvgIpc) is 3.40. The molecule has 74 heavy (non-hydrogen) atoms. The van der Waals surface area contributed by atoms with Crippen molar-refractivity contribution in [2.45, 2.75) is 293 Å². The maximum absolute atomic E-state index is 13.2. The number of aliphatic hydroxyl groups is 8. The zero-order valence-electron chi connectivity index (χ0n) is 46.1. The van der Waals surface area contributed by atoms with Gasteiger partial charge in [0, 0.05) is 6.42 Å². The van der Waals surface area contributed by atoms with Crippen LogP contribution in [0, 0.1) is 0 Å². The van der Waals surface area contributed by atoms with E-state index in [1.54, 1.807) is 6.08 Å². The van der Waals surface area contributed by atoms with Crippen molar-refractivity contribution in [3.8, 4) is 0 Å². The van der Waals surface area contributed by atoms with Crippen LogP contribution in [0.1, 0.15) is 219 Å².